The number of hydrogen-bond donors (Lipinski definition) is 1. The minimum Gasteiger partial charge on any atom is -0.468 e. The molecule has 16 heavy (non-hydrogen) atoms. The lowest BCUT2D eigenvalue weighted by atomic mass is 10.2. The van der Waals surface area contributed by atoms with E-state index in [1.54, 1.807) is 0 Å². The lowest BCUT2D eigenvalue weighted by Crippen LogP contribution is -2.23. The molecule has 1 aromatic carbocycles. The summed E-state index contributed by atoms with van der Waals surface area (Å²) < 4.78 is 4.55. The van der Waals surface area contributed by atoms with Gasteiger partial charge in [0.05, 0.1) is 30.0 Å². The van der Waals surface area contributed by atoms with Crippen LogP contribution in [0.1, 0.15) is 11.7 Å². The van der Waals surface area contributed by atoms with E-state index < -0.39 is 12.0 Å². The molecular formula is C11H11N3O2. The molecule has 82 valence electrons. The van der Waals surface area contributed by atoms with E-state index in [1.807, 2.05) is 24.3 Å². The smallest absolute Gasteiger partial charge is 0.328 e. The maximum atomic E-state index is 11.2. The van der Waals surface area contributed by atoms with E-state index in [1.165, 1.54) is 13.3 Å². The number of carbonyl (C=O) groups excluding carboxylic acids is 1. The fourth-order valence-electron chi connectivity index (χ4n) is 1.37. The number of aromatic nitrogens is 2. The number of esters is 1. The Morgan fingerprint density at radius 2 is 2.06 bits per heavy atom. The van der Waals surface area contributed by atoms with Gasteiger partial charge in [0.25, 0.3) is 0 Å². The summed E-state index contributed by atoms with van der Waals surface area (Å²) in [6.45, 7) is 0. The van der Waals surface area contributed by atoms with Crippen LogP contribution in [0.2, 0.25) is 0 Å². The Bertz CT molecular complexity index is 527. The summed E-state index contributed by atoms with van der Waals surface area (Å²) in [5.74, 6) is -0.524. The Hall–Kier alpha value is -2.01. The SMILES string of the molecule is COC(=O)C(N)c1cnc2ccccc2n1. The van der Waals surface area contributed by atoms with Crippen molar-refractivity contribution in [1.82, 2.24) is 9.97 Å². The largest absolute Gasteiger partial charge is 0.468 e. The highest BCUT2D eigenvalue weighted by Gasteiger charge is 2.18. The molecule has 0 saturated heterocycles. The molecule has 1 heterocycles. The number of carbonyl (C=O) groups is 1. The van der Waals surface area contributed by atoms with Crippen molar-refractivity contribution >= 4 is 17.0 Å². The molecule has 1 unspecified atom stereocenters. The topological polar surface area (TPSA) is 78.1 Å². The Morgan fingerprint density at radius 1 is 1.38 bits per heavy atom. The van der Waals surface area contributed by atoms with Crippen molar-refractivity contribution in [3.63, 3.8) is 0 Å². The van der Waals surface area contributed by atoms with Gasteiger partial charge in [-0.25, -0.2) is 9.78 Å². The third kappa shape index (κ3) is 1.85. The molecule has 0 aliphatic carbocycles. The summed E-state index contributed by atoms with van der Waals surface area (Å²) >= 11 is 0. The van der Waals surface area contributed by atoms with Gasteiger partial charge in [-0.3, -0.25) is 4.98 Å². The Morgan fingerprint density at radius 3 is 2.75 bits per heavy atom. The van der Waals surface area contributed by atoms with Gasteiger partial charge in [-0.15, -0.1) is 0 Å². The Balaban J connectivity index is 2.43. The molecule has 5 heteroatoms. The molecular weight excluding hydrogens is 206 g/mol. The van der Waals surface area contributed by atoms with Crippen LogP contribution in [0.4, 0.5) is 0 Å². The zero-order chi connectivity index (χ0) is 11.5. The molecule has 0 spiro atoms. The summed E-state index contributed by atoms with van der Waals surface area (Å²) in [5.41, 5.74) is 7.55. The van der Waals surface area contributed by atoms with Crippen LogP contribution in [0.25, 0.3) is 11.0 Å². The summed E-state index contributed by atoms with van der Waals surface area (Å²) in [7, 11) is 1.29. The van der Waals surface area contributed by atoms with Gasteiger partial charge in [0, 0.05) is 0 Å². The molecule has 1 aromatic heterocycles. The standard InChI is InChI=1S/C11H11N3O2/c1-16-11(15)10(12)9-6-13-7-4-2-3-5-8(7)14-9/h2-6,10H,12H2,1H3. The van der Waals surface area contributed by atoms with E-state index in [0.717, 1.165) is 5.52 Å². The number of benzene rings is 1. The van der Waals surface area contributed by atoms with Crippen LogP contribution in [0.3, 0.4) is 0 Å². The molecule has 2 rings (SSSR count). The van der Waals surface area contributed by atoms with Crippen molar-refractivity contribution in [3.05, 3.63) is 36.2 Å². The van der Waals surface area contributed by atoms with Crippen LogP contribution in [0, 0.1) is 0 Å². The first-order valence-corrected chi connectivity index (χ1v) is 4.77. The van der Waals surface area contributed by atoms with Crippen molar-refractivity contribution in [2.75, 3.05) is 7.11 Å². The molecule has 0 radical (unpaired) electrons. The Kier molecular flexibility index (Phi) is 2.78. The minimum atomic E-state index is -0.887. The highest BCUT2D eigenvalue weighted by molar-refractivity contribution is 5.78. The molecule has 0 saturated carbocycles. The molecule has 0 aliphatic heterocycles. The fraction of sp³-hybridized carbons (Fsp3) is 0.182. The van der Waals surface area contributed by atoms with E-state index in [0.29, 0.717) is 11.2 Å². The number of fused-ring (bicyclic) bond motifs is 1. The van der Waals surface area contributed by atoms with Gasteiger partial charge in [0.2, 0.25) is 0 Å². The third-order valence-electron chi connectivity index (χ3n) is 2.24. The van der Waals surface area contributed by atoms with Crippen LogP contribution in [-0.4, -0.2) is 23.0 Å². The molecule has 2 N–H and O–H groups in total. The molecule has 0 bridgehead atoms. The monoisotopic (exact) mass is 217 g/mol. The van der Waals surface area contributed by atoms with E-state index in [-0.39, 0.29) is 0 Å². The maximum Gasteiger partial charge on any atom is 0.328 e. The predicted molar refractivity (Wildman–Crippen MR) is 58.5 cm³/mol. The first-order valence-electron chi connectivity index (χ1n) is 4.77. The summed E-state index contributed by atoms with van der Waals surface area (Å²) in [4.78, 5) is 19.7. The summed E-state index contributed by atoms with van der Waals surface area (Å²) in [6.07, 6.45) is 1.49. The number of para-hydroxylation sites is 2. The highest BCUT2D eigenvalue weighted by Crippen LogP contribution is 2.13. The maximum absolute atomic E-state index is 11.2. The van der Waals surface area contributed by atoms with Crippen LogP contribution in [0.5, 0.6) is 0 Å². The lowest BCUT2D eigenvalue weighted by Gasteiger charge is -2.08. The van der Waals surface area contributed by atoms with Crippen LogP contribution < -0.4 is 5.73 Å². The average molecular weight is 217 g/mol. The average Bonchev–Trinajstić information content (AvgIpc) is 2.36. The molecule has 0 amide bonds. The third-order valence-corrected chi connectivity index (χ3v) is 2.24. The van der Waals surface area contributed by atoms with E-state index in [2.05, 4.69) is 14.7 Å². The first kappa shape index (κ1) is 10.5. The van der Waals surface area contributed by atoms with Gasteiger partial charge in [0.15, 0.2) is 0 Å². The lowest BCUT2D eigenvalue weighted by molar-refractivity contribution is -0.142. The first-order chi connectivity index (χ1) is 7.72. The quantitative estimate of drug-likeness (QED) is 0.753. The number of methoxy groups -OCH3 is 1. The molecule has 0 fully saturated rings. The van der Waals surface area contributed by atoms with Gasteiger partial charge >= 0.3 is 5.97 Å². The van der Waals surface area contributed by atoms with Gasteiger partial charge in [-0.1, -0.05) is 12.1 Å². The van der Waals surface area contributed by atoms with Crippen molar-refractivity contribution in [3.8, 4) is 0 Å². The predicted octanol–water partition coefficient (Wildman–Crippen LogP) is 0.803. The molecule has 2 aromatic rings. The summed E-state index contributed by atoms with van der Waals surface area (Å²) in [6, 6.07) is 6.49. The van der Waals surface area contributed by atoms with Crippen molar-refractivity contribution < 1.29 is 9.53 Å². The number of nitrogens with two attached hydrogens (primary N) is 1. The zero-order valence-electron chi connectivity index (χ0n) is 8.75. The van der Waals surface area contributed by atoms with Crippen LogP contribution >= 0.6 is 0 Å². The van der Waals surface area contributed by atoms with Crippen LogP contribution in [0.15, 0.2) is 30.5 Å². The number of rotatable bonds is 2. The molecule has 5 nitrogen and oxygen atoms in total. The van der Waals surface area contributed by atoms with Gasteiger partial charge in [0.1, 0.15) is 6.04 Å². The molecule has 0 aliphatic rings. The summed E-state index contributed by atoms with van der Waals surface area (Å²) in [5, 5.41) is 0. The minimum absolute atomic E-state index is 0.408. The second-order valence-electron chi connectivity index (χ2n) is 3.28. The van der Waals surface area contributed by atoms with E-state index in [4.69, 9.17) is 5.73 Å². The normalized spacial score (nSPS) is 12.4. The zero-order valence-corrected chi connectivity index (χ0v) is 8.75. The highest BCUT2D eigenvalue weighted by atomic mass is 16.5. The Labute approximate surface area is 92.3 Å². The second-order valence-corrected chi connectivity index (χ2v) is 3.28. The van der Waals surface area contributed by atoms with E-state index in [9.17, 15) is 4.79 Å². The van der Waals surface area contributed by atoms with Gasteiger partial charge < -0.3 is 10.5 Å². The van der Waals surface area contributed by atoms with Gasteiger partial charge in [-0.05, 0) is 12.1 Å². The van der Waals surface area contributed by atoms with Crippen LogP contribution in [-0.2, 0) is 9.53 Å². The number of ether oxygens (including phenoxy) is 1. The second kappa shape index (κ2) is 4.24. The van der Waals surface area contributed by atoms with Crippen molar-refractivity contribution in [2.45, 2.75) is 6.04 Å². The molecule has 1 atom stereocenters. The number of nitrogens with zero attached hydrogens (tertiary/aromatic N) is 2. The number of hydrogen-bond acceptors (Lipinski definition) is 5. The van der Waals surface area contributed by atoms with Crippen molar-refractivity contribution in [2.24, 2.45) is 5.73 Å². The van der Waals surface area contributed by atoms with E-state index >= 15 is 0 Å². The van der Waals surface area contributed by atoms with Gasteiger partial charge in [-0.2, -0.15) is 0 Å². The fourth-order valence-corrected chi connectivity index (χ4v) is 1.37. The van der Waals surface area contributed by atoms with Crippen molar-refractivity contribution in [1.29, 1.82) is 0 Å².